The first-order valence-corrected chi connectivity index (χ1v) is 9.27. The molecule has 0 aromatic heterocycles. The van der Waals surface area contributed by atoms with E-state index in [4.69, 9.17) is 4.74 Å². The topological polar surface area (TPSA) is 83.8 Å². The number of aliphatic hydroxyl groups excluding tert-OH is 1. The summed E-state index contributed by atoms with van der Waals surface area (Å²) in [6, 6.07) is 0. The van der Waals surface area contributed by atoms with Gasteiger partial charge in [-0.25, -0.2) is 0 Å². The van der Waals surface area contributed by atoms with Gasteiger partial charge >= 0.3 is 0 Å². The summed E-state index contributed by atoms with van der Waals surface area (Å²) in [7, 11) is -4.22. The first-order valence-electron chi connectivity index (χ1n) is 7.83. The van der Waals surface area contributed by atoms with E-state index in [-0.39, 0.29) is 11.8 Å². The molecule has 2 heterocycles. The normalized spacial score (nSPS) is 53.2. The van der Waals surface area contributed by atoms with E-state index in [9.17, 15) is 18.1 Å². The molecule has 122 valence electrons. The van der Waals surface area contributed by atoms with Gasteiger partial charge in [0.15, 0.2) is 0 Å². The van der Waals surface area contributed by atoms with Gasteiger partial charge in [0.05, 0.1) is 17.3 Å². The molecule has 2 N–H and O–H groups in total. The summed E-state index contributed by atoms with van der Waals surface area (Å²) in [6.45, 7) is 7.64. The van der Waals surface area contributed by atoms with Gasteiger partial charge in [-0.05, 0) is 51.4 Å². The fraction of sp³-hybridized carbons (Fsp3) is 1.00. The third kappa shape index (κ3) is 1.76. The maximum absolute atomic E-state index is 12.0. The quantitative estimate of drug-likeness (QED) is 0.761. The largest absolute Gasteiger partial charge is 0.390 e. The smallest absolute Gasteiger partial charge is 0.270 e. The minimum absolute atomic E-state index is 0.0196. The molecule has 5 nitrogen and oxygen atoms in total. The van der Waals surface area contributed by atoms with Crippen molar-refractivity contribution in [2.75, 3.05) is 0 Å². The molecule has 3 fully saturated rings. The van der Waals surface area contributed by atoms with Gasteiger partial charge in [0.25, 0.3) is 10.1 Å². The van der Waals surface area contributed by atoms with Gasteiger partial charge in [-0.2, -0.15) is 8.42 Å². The van der Waals surface area contributed by atoms with Crippen molar-refractivity contribution in [3.05, 3.63) is 0 Å². The van der Waals surface area contributed by atoms with E-state index < -0.39 is 38.1 Å². The Labute approximate surface area is 126 Å². The molecular weight excluding hydrogens is 292 g/mol. The molecule has 21 heavy (non-hydrogen) atoms. The van der Waals surface area contributed by atoms with Crippen LogP contribution in [0.15, 0.2) is 0 Å². The van der Waals surface area contributed by atoms with Crippen LogP contribution in [0.1, 0.15) is 53.4 Å². The zero-order valence-corrected chi connectivity index (χ0v) is 14.0. The molecule has 0 amide bonds. The fourth-order valence-corrected chi connectivity index (χ4v) is 6.27. The van der Waals surface area contributed by atoms with Crippen LogP contribution in [0.25, 0.3) is 0 Å². The van der Waals surface area contributed by atoms with Crippen molar-refractivity contribution in [3.8, 4) is 0 Å². The molecule has 2 bridgehead atoms. The number of ether oxygens (including phenoxy) is 1. The van der Waals surface area contributed by atoms with Gasteiger partial charge in [0.1, 0.15) is 4.75 Å². The molecule has 3 rings (SSSR count). The minimum Gasteiger partial charge on any atom is -0.390 e. The first kappa shape index (κ1) is 15.7. The summed E-state index contributed by atoms with van der Waals surface area (Å²) in [5, 5.41) is 11.0. The molecule has 0 aromatic carbocycles. The Morgan fingerprint density at radius 2 is 1.81 bits per heavy atom. The van der Waals surface area contributed by atoms with Gasteiger partial charge in [-0.15, -0.1) is 0 Å². The van der Waals surface area contributed by atoms with Crippen molar-refractivity contribution < 1.29 is 22.8 Å². The number of fused-ring (bicyclic) bond motifs is 4. The number of hydrogen-bond acceptors (Lipinski definition) is 4. The van der Waals surface area contributed by atoms with Crippen LogP contribution in [0, 0.1) is 17.8 Å². The Morgan fingerprint density at radius 3 is 2.33 bits per heavy atom. The number of hydrogen-bond donors (Lipinski definition) is 2. The zero-order chi connectivity index (χ0) is 15.8. The number of aliphatic hydroxyl groups is 1. The monoisotopic (exact) mass is 318 g/mol. The predicted octanol–water partition coefficient (Wildman–Crippen LogP) is 2.00. The molecule has 0 radical (unpaired) electrons. The first-order chi connectivity index (χ1) is 9.48. The zero-order valence-electron chi connectivity index (χ0n) is 13.2. The molecule has 6 heteroatoms. The second-order valence-corrected chi connectivity index (χ2v) is 9.81. The lowest BCUT2D eigenvalue weighted by molar-refractivity contribution is -0.249. The van der Waals surface area contributed by atoms with Crippen molar-refractivity contribution in [1.29, 1.82) is 0 Å². The standard InChI is InChI=1S/C15H26O5S/c1-9(2)15-8-7-13(3,20-15)10-5-6-14(4,21(17,18)19)11(10)12(15)16/h9-12,16H,5-8H2,1-4H3,(H,17,18,19)/t10-,11+,12+,13-,14+,15-/m0/s1. The van der Waals surface area contributed by atoms with E-state index >= 15 is 0 Å². The van der Waals surface area contributed by atoms with Gasteiger partial charge in [-0.3, -0.25) is 4.55 Å². The van der Waals surface area contributed by atoms with E-state index in [0.29, 0.717) is 12.8 Å². The van der Waals surface area contributed by atoms with Crippen molar-refractivity contribution in [2.45, 2.75) is 75.4 Å². The lowest BCUT2D eigenvalue weighted by Crippen LogP contribution is -2.64. The van der Waals surface area contributed by atoms with Gasteiger partial charge in [0, 0.05) is 5.92 Å². The van der Waals surface area contributed by atoms with Crippen molar-refractivity contribution in [3.63, 3.8) is 0 Å². The third-order valence-corrected chi connectivity index (χ3v) is 8.37. The van der Waals surface area contributed by atoms with Crippen LogP contribution in [0.4, 0.5) is 0 Å². The van der Waals surface area contributed by atoms with E-state index in [1.165, 1.54) is 0 Å². The summed E-state index contributed by atoms with van der Waals surface area (Å²) >= 11 is 0. The average molecular weight is 318 g/mol. The summed E-state index contributed by atoms with van der Waals surface area (Å²) in [6.07, 6.45) is 1.78. The van der Waals surface area contributed by atoms with Crippen LogP contribution in [-0.4, -0.2) is 40.1 Å². The molecule has 1 saturated carbocycles. The van der Waals surface area contributed by atoms with E-state index in [0.717, 1.165) is 12.8 Å². The Bertz CT molecular complexity index is 558. The van der Waals surface area contributed by atoms with Crippen LogP contribution >= 0.6 is 0 Å². The molecule has 0 aromatic rings. The van der Waals surface area contributed by atoms with Crippen LogP contribution in [0.2, 0.25) is 0 Å². The molecule has 0 spiro atoms. The minimum atomic E-state index is -4.22. The highest BCUT2D eigenvalue weighted by Crippen LogP contribution is 2.63. The Hall–Kier alpha value is -0.170. The Balaban J connectivity index is 2.13. The Kier molecular flexibility index (Phi) is 3.16. The van der Waals surface area contributed by atoms with Crippen LogP contribution in [0.3, 0.4) is 0 Å². The second-order valence-electron chi connectivity index (χ2n) is 7.93. The molecule has 1 aliphatic carbocycles. The van der Waals surface area contributed by atoms with Crippen molar-refractivity contribution in [2.24, 2.45) is 17.8 Å². The van der Waals surface area contributed by atoms with Gasteiger partial charge < -0.3 is 9.84 Å². The van der Waals surface area contributed by atoms with E-state index in [1.54, 1.807) is 6.92 Å². The summed E-state index contributed by atoms with van der Waals surface area (Å²) in [5.74, 6) is -0.383. The second kappa shape index (κ2) is 4.22. The molecule has 6 atom stereocenters. The van der Waals surface area contributed by atoms with E-state index in [2.05, 4.69) is 0 Å². The van der Waals surface area contributed by atoms with E-state index in [1.807, 2.05) is 20.8 Å². The van der Waals surface area contributed by atoms with Crippen LogP contribution in [0.5, 0.6) is 0 Å². The fourth-order valence-electron chi connectivity index (χ4n) is 5.26. The van der Waals surface area contributed by atoms with Crippen LogP contribution in [-0.2, 0) is 14.9 Å². The SMILES string of the molecule is CC(C)[C@]12CC[C@](C)(O1)[C@H]1CC[C@@](C)(S(=O)(=O)O)[C@H]1[C@H]2O. The summed E-state index contributed by atoms with van der Waals surface area (Å²) in [5.41, 5.74) is -1.08. The lowest BCUT2D eigenvalue weighted by Gasteiger charge is -2.53. The summed E-state index contributed by atoms with van der Waals surface area (Å²) in [4.78, 5) is 0. The maximum Gasteiger partial charge on any atom is 0.270 e. The maximum atomic E-state index is 12.0. The number of rotatable bonds is 2. The molecular formula is C15H26O5S. The molecule has 2 aliphatic heterocycles. The Morgan fingerprint density at radius 1 is 1.19 bits per heavy atom. The highest BCUT2D eigenvalue weighted by atomic mass is 32.2. The summed E-state index contributed by atoms with van der Waals surface area (Å²) < 4.78 is 38.8. The average Bonchev–Trinajstić information content (AvgIpc) is 2.86. The molecule has 3 aliphatic rings. The lowest BCUT2D eigenvalue weighted by atomic mass is 9.69. The highest BCUT2D eigenvalue weighted by molar-refractivity contribution is 7.87. The molecule has 2 saturated heterocycles. The predicted molar refractivity (Wildman–Crippen MR) is 78.5 cm³/mol. The van der Waals surface area contributed by atoms with Crippen molar-refractivity contribution >= 4 is 10.1 Å². The van der Waals surface area contributed by atoms with Gasteiger partial charge in [0.2, 0.25) is 0 Å². The van der Waals surface area contributed by atoms with Crippen molar-refractivity contribution in [1.82, 2.24) is 0 Å². The van der Waals surface area contributed by atoms with Crippen LogP contribution < -0.4 is 0 Å². The third-order valence-electron chi connectivity index (χ3n) is 6.72. The molecule has 0 unspecified atom stereocenters. The van der Waals surface area contributed by atoms with Gasteiger partial charge in [-0.1, -0.05) is 13.8 Å². The highest BCUT2D eigenvalue weighted by Gasteiger charge is 2.71.